The zero-order chi connectivity index (χ0) is 15.6. The molecule has 3 aromatic rings. The van der Waals surface area contributed by atoms with Crippen LogP contribution in [-0.2, 0) is 0 Å². The van der Waals surface area contributed by atoms with Crippen LogP contribution in [0.2, 0.25) is 5.02 Å². The molecule has 116 valence electrons. The van der Waals surface area contributed by atoms with Crippen LogP contribution in [0.3, 0.4) is 0 Å². The highest BCUT2D eigenvalue weighted by Crippen LogP contribution is 2.30. The molecule has 1 saturated heterocycles. The molecule has 1 aliphatic rings. The van der Waals surface area contributed by atoms with Gasteiger partial charge < -0.3 is 10.2 Å². The molecular weight excluding hydrogens is 308 g/mol. The van der Waals surface area contributed by atoms with E-state index in [2.05, 4.69) is 21.3 Å². The fraction of sp³-hybridized carbons (Fsp3) is 0.222. The number of aromatic nitrogens is 2. The van der Waals surface area contributed by atoms with E-state index in [9.17, 15) is 0 Å². The van der Waals surface area contributed by atoms with E-state index >= 15 is 0 Å². The van der Waals surface area contributed by atoms with Gasteiger partial charge in [0.1, 0.15) is 5.82 Å². The first kappa shape index (κ1) is 14.3. The van der Waals surface area contributed by atoms with Crippen LogP contribution in [0, 0.1) is 0 Å². The lowest BCUT2D eigenvalue weighted by Gasteiger charge is -2.19. The molecule has 0 aliphatic carbocycles. The first-order valence-electron chi connectivity index (χ1n) is 7.84. The lowest BCUT2D eigenvalue weighted by molar-refractivity contribution is 0.941. The Morgan fingerprint density at radius 3 is 2.48 bits per heavy atom. The summed E-state index contributed by atoms with van der Waals surface area (Å²) in [6, 6.07) is 15.8. The van der Waals surface area contributed by atoms with Crippen molar-refractivity contribution in [1.82, 2.24) is 9.97 Å². The van der Waals surface area contributed by atoms with Crippen molar-refractivity contribution in [3.8, 4) is 0 Å². The van der Waals surface area contributed by atoms with E-state index < -0.39 is 0 Å². The minimum absolute atomic E-state index is 0.582. The summed E-state index contributed by atoms with van der Waals surface area (Å²) in [6.45, 7) is 2.10. The summed E-state index contributed by atoms with van der Waals surface area (Å²) in [4.78, 5) is 11.7. The van der Waals surface area contributed by atoms with Crippen LogP contribution in [0.5, 0.6) is 0 Å². The van der Waals surface area contributed by atoms with E-state index in [0.717, 1.165) is 35.5 Å². The average Bonchev–Trinajstić information content (AvgIpc) is 3.11. The van der Waals surface area contributed by atoms with E-state index in [1.54, 1.807) is 0 Å². The maximum absolute atomic E-state index is 6.23. The van der Waals surface area contributed by atoms with E-state index in [1.165, 1.54) is 12.8 Å². The summed E-state index contributed by atoms with van der Waals surface area (Å²) in [6.07, 6.45) is 2.43. The van der Waals surface area contributed by atoms with Crippen LogP contribution in [0.1, 0.15) is 12.8 Å². The van der Waals surface area contributed by atoms with Gasteiger partial charge in [-0.3, -0.25) is 0 Å². The molecular formula is C18H17ClN4. The molecule has 0 unspecified atom stereocenters. The highest BCUT2D eigenvalue weighted by molar-refractivity contribution is 6.33. The number of halogens is 1. The molecule has 0 amide bonds. The van der Waals surface area contributed by atoms with Crippen molar-refractivity contribution >= 4 is 40.0 Å². The molecule has 5 heteroatoms. The topological polar surface area (TPSA) is 41.1 Å². The van der Waals surface area contributed by atoms with Gasteiger partial charge in [0.15, 0.2) is 0 Å². The number of hydrogen-bond donors (Lipinski definition) is 1. The molecule has 1 fully saturated rings. The van der Waals surface area contributed by atoms with Crippen molar-refractivity contribution in [3.05, 3.63) is 53.6 Å². The molecule has 2 heterocycles. The van der Waals surface area contributed by atoms with E-state index in [4.69, 9.17) is 16.6 Å². The van der Waals surface area contributed by atoms with Crippen molar-refractivity contribution in [3.63, 3.8) is 0 Å². The molecule has 1 aromatic heterocycles. The zero-order valence-corrected chi connectivity index (χ0v) is 13.4. The summed E-state index contributed by atoms with van der Waals surface area (Å²) in [5.41, 5.74) is 1.76. The summed E-state index contributed by atoms with van der Waals surface area (Å²) in [5, 5.41) is 5.00. The number of fused-ring (bicyclic) bond motifs is 1. The second-order valence-corrected chi connectivity index (χ2v) is 6.09. The van der Waals surface area contributed by atoms with Gasteiger partial charge in [-0.15, -0.1) is 0 Å². The van der Waals surface area contributed by atoms with E-state index in [1.807, 2.05) is 42.5 Å². The van der Waals surface area contributed by atoms with Crippen LogP contribution < -0.4 is 10.2 Å². The van der Waals surface area contributed by atoms with Gasteiger partial charge >= 0.3 is 0 Å². The van der Waals surface area contributed by atoms with Crippen LogP contribution in [0.15, 0.2) is 48.5 Å². The second kappa shape index (κ2) is 6.05. The highest BCUT2D eigenvalue weighted by Gasteiger charge is 2.18. The number of para-hydroxylation sites is 2. The second-order valence-electron chi connectivity index (χ2n) is 5.69. The van der Waals surface area contributed by atoms with E-state index in [-0.39, 0.29) is 0 Å². The maximum Gasteiger partial charge on any atom is 0.229 e. The number of anilines is 3. The fourth-order valence-electron chi connectivity index (χ4n) is 2.97. The Balaban J connectivity index is 1.79. The van der Waals surface area contributed by atoms with Gasteiger partial charge in [-0.05, 0) is 37.1 Å². The Labute approximate surface area is 140 Å². The largest absolute Gasteiger partial charge is 0.356 e. The fourth-order valence-corrected chi connectivity index (χ4v) is 3.15. The maximum atomic E-state index is 6.23. The van der Waals surface area contributed by atoms with Crippen molar-refractivity contribution in [2.45, 2.75) is 12.8 Å². The Kier molecular flexibility index (Phi) is 3.75. The summed E-state index contributed by atoms with van der Waals surface area (Å²) < 4.78 is 0. The van der Waals surface area contributed by atoms with Crippen LogP contribution >= 0.6 is 11.6 Å². The zero-order valence-electron chi connectivity index (χ0n) is 12.7. The Hall–Kier alpha value is -2.33. The molecule has 0 bridgehead atoms. The lowest BCUT2D eigenvalue weighted by Crippen LogP contribution is -2.20. The smallest absolute Gasteiger partial charge is 0.229 e. The van der Waals surface area contributed by atoms with Gasteiger partial charge in [0, 0.05) is 18.5 Å². The Morgan fingerprint density at radius 1 is 0.913 bits per heavy atom. The van der Waals surface area contributed by atoms with Gasteiger partial charge in [-0.1, -0.05) is 35.9 Å². The number of benzene rings is 2. The molecule has 1 N–H and O–H groups in total. The van der Waals surface area contributed by atoms with Crippen molar-refractivity contribution < 1.29 is 0 Å². The number of hydrogen-bond acceptors (Lipinski definition) is 4. The Bertz CT molecular complexity index is 843. The summed E-state index contributed by atoms with van der Waals surface area (Å²) >= 11 is 6.23. The first-order valence-corrected chi connectivity index (χ1v) is 8.22. The number of nitrogens with zero attached hydrogens (tertiary/aromatic N) is 3. The van der Waals surface area contributed by atoms with Crippen LogP contribution in [0.4, 0.5) is 17.5 Å². The van der Waals surface area contributed by atoms with Crippen LogP contribution in [0.25, 0.3) is 10.9 Å². The Morgan fingerprint density at radius 2 is 1.65 bits per heavy atom. The lowest BCUT2D eigenvalue weighted by atomic mass is 10.2. The third-order valence-electron chi connectivity index (χ3n) is 4.11. The summed E-state index contributed by atoms with van der Waals surface area (Å²) in [5.74, 6) is 1.58. The van der Waals surface area contributed by atoms with Crippen molar-refractivity contribution in [2.24, 2.45) is 0 Å². The minimum atomic E-state index is 0.582. The molecule has 0 radical (unpaired) electrons. The average molecular weight is 325 g/mol. The first-order chi connectivity index (χ1) is 11.3. The molecule has 2 aromatic carbocycles. The van der Waals surface area contributed by atoms with Gasteiger partial charge in [-0.2, -0.15) is 4.98 Å². The summed E-state index contributed by atoms with van der Waals surface area (Å²) in [7, 11) is 0. The molecule has 4 nitrogen and oxygen atoms in total. The van der Waals surface area contributed by atoms with E-state index in [0.29, 0.717) is 11.0 Å². The van der Waals surface area contributed by atoms with Crippen molar-refractivity contribution in [2.75, 3.05) is 23.3 Å². The molecule has 0 spiro atoms. The third-order valence-corrected chi connectivity index (χ3v) is 4.44. The standard InChI is InChI=1S/C18H17ClN4/c19-14-8-2-4-10-16(14)21-18-20-15-9-3-1-7-13(15)17(22-18)23-11-5-6-12-23/h1-4,7-10H,5-6,11-12H2,(H,20,21,22). The van der Waals surface area contributed by atoms with Gasteiger partial charge in [0.05, 0.1) is 16.2 Å². The van der Waals surface area contributed by atoms with Crippen LogP contribution in [-0.4, -0.2) is 23.1 Å². The SMILES string of the molecule is Clc1ccccc1Nc1nc(N2CCCC2)c2ccccc2n1. The van der Waals surface area contributed by atoms with Gasteiger partial charge in [0.25, 0.3) is 0 Å². The molecule has 0 atom stereocenters. The normalized spacial score (nSPS) is 14.4. The molecule has 23 heavy (non-hydrogen) atoms. The minimum Gasteiger partial charge on any atom is -0.356 e. The number of nitrogens with one attached hydrogen (secondary N) is 1. The predicted octanol–water partition coefficient (Wildman–Crippen LogP) is 4.63. The highest BCUT2D eigenvalue weighted by atomic mass is 35.5. The predicted molar refractivity (Wildman–Crippen MR) is 95.7 cm³/mol. The van der Waals surface area contributed by atoms with Gasteiger partial charge in [0.2, 0.25) is 5.95 Å². The third kappa shape index (κ3) is 2.82. The quantitative estimate of drug-likeness (QED) is 0.762. The van der Waals surface area contributed by atoms with Crippen molar-refractivity contribution in [1.29, 1.82) is 0 Å². The molecule has 4 rings (SSSR count). The monoisotopic (exact) mass is 324 g/mol. The number of rotatable bonds is 3. The van der Waals surface area contributed by atoms with Gasteiger partial charge in [-0.25, -0.2) is 4.98 Å². The molecule has 0 saturated carbocycles. The molecule has 1 aliphatic heterocycles.